The maximum Gasteiger partial charge on any atom is 0.339 e. The number of aromatic nitrogens is 1. The summed E-state index contributed by atoms with van der Waals surface area (Å²) in [6.07, 6.45) is 0.861. The molecule has 3 fully saturated rings. The van der Waals surface area contributed by atoms with Gasteiger partial charge in [0.05, 0.1) is 34.3 Å². The van der Waals surface area contributed by atoms with E-state index < -0.39 is 24.2 Å². The normalized spacial score (nSPS) is 25.2. The van der Waals surface area contributed by atoms with Crippen LogP contribution in [0.25, 0.3) is 22.2 Å². The van der Waals surface area contributed by atoms with E-state index in [0.717, 1.165) is 16.5 Å². The van der Waals surface area contributed by atoms with Crippen molar-refractivity contribution in [2.45, 2.75) is 23.0 Å². The summed E-state index contributed by atoms with van der Waals surface area (Å²) in [6.45, 7) is 1.36. The maximum absolute atomic E-state index is 13.5. The van der Waals surface area contributed by atoms with Crippen LogP contribution in [0.15, 0.2) is 71.2 Å². The van der Waals surface area contributed by atoms with Crippen molar-refractivity contribution in [1.82, 2.24) is 4.98 Å². The van der Waals surface area contributed by atoms with Gasteiger partial charge < -0.3 is 4.74 Å². The van der Waals surface area contributed by atoms with Crippen molar-refractivity contribution < 1.29 is 28.3 Å². The molecule has 0 spiro atoms. The number of Topliss-reactive ketones (excluding diaryl/α,β-unsaturated/α-hetero) is 1. The van der Waals surface area contributed by atoms with Crippen LogP contribution in [0.3, 0.4) is 0 Å². The van der Waals surface area contributed by atoms with Crippen LogP contribution in [0.2, 0.25) is 0 Å². The van der Waals surface area contributed by atoms with Gasteiger partial charge in [-0.25, -0.2) is 14.2 Å². The Morgan fingerprint density at radius 3 is 2.18 bits per heavy atom. The van der Waals surface area contributed by atoms with Gasteiger partial charge in [-0.05, 0) is 85.3 Å². The second-order valence-electron chi connectivity index (χ2n) is 11.7. The Labute approximate surface area is 282 Å². The number of esters is 1. The number of alkyl halides is 2. The molecular weight excluding hydrogens is 775 g/mol. The number of carbonyl (C=O) groups is 4. The second kappa shape index (κ2) is 11.5. The lowest BCUT2D eigenvalue weighted by Crippen LogP contribution is -2.37. The number of ketones is 1. The smallest absolute Gasteiger partial charge is 0.339 e. The van der Waals surface area contributed by atoms with Gasteiger partial charge >= 0.3 is 5.97 Å². The topological polar surface area (TPSA) is 93.6 Å². The van der Waals surface area contributed by atoms with Crippen molar-refractivity contribution in [1.29, 1.82) is 0 Å². The van der Waals surface area contributed by atoms with E-state index in [4.69, 9.17) is 9.72 Å². The maximum atomic E-state index is 13.5. The van der Waals surface area contributed by atoms with Gasteiger partial charge in [0, 0.05) is 30.6 Å². The Morgan fingerprint density at radius 1 is 0.933 bits per heavy atom. The lowest BCUT2D eigenvalue weighted by atomic mass is 9.81. The van der Waals surface area contributed by atoms with Gasteiger partial charge in [0.1, 0.15) is 5.82 Å². The van der Waals surface area contributed by atoms with Crippen molar-refractivity contribution in [3.8, 4) is 11.3 Å². The van der Waals surface area contributed by atoms with E-state index in [-0.39, 0.29) is 56.3 Å². The van der Waals surface area contributed by atoms with Crippen molar-refractivity contribution in [3.63, 3.8) is 0 Å². The number of hydrogen-bond acceptors (Lipinski definition) is 6. The molecule has 3 aromatic carbocycles. The Morgan fingerprint density at radius 2 is 1.56 bits per heavy atom. The molecule has 7 nitrogen and oxygen atoms in total. The number of ether oxygens (including phenoxy) is 1. The standard InChI is InChI=1S/C34H24Br3FN2O5/c1-15-10-18(35)11-21-22(34(44)45-14-26(41)17-2-6-19(38)7-3-17)13-25(39-31(15)21)16-4-8-20(9-5-16)40-32(42)27-23-12-24(28(27)33(40)43)30(37)29(23)36/h2-11,13,23-24,27-30H,12,14H2,1H3. The highest BCUT2D eigenvalue weighted by molar-refractivity contribution is 9.12. The van der Waals surface area contributed by atoms with Crippen molar-refractivity contribution in [2.75, 3.05) is 11.5 Å². The predicted octanol–water partition coefficient (Wildman–Crippen LogP) is 7.43. The fourth-order valence-electron chi connectivity index (χ4n) is 7.09. The third kappa shape index (κ3) is 5.07. The molecule has 2 saturated carbocycles. The lowest BCUT2D eigenvalue weighted by Gasteiger charge is -2.28. The third-order valence-corrected chi connectivity index (χ3v) is 12.9. The molecule has 228 valence electrons. The molecule has 3 aliphatic rings. The zero-order chi connectivity index (χ0) is 31.7. The van der Waals surface area contributed by atoms with E-state index in [1.807, 2.05) is 13.0 Å². The number of carbonyl (C=O) groups excluding carboxylic acids is 4. The van der Waals surface area contributed by atoms with E-state index in [1.54, 1.807) is 36.4 Å². The third-order valence-electron chi connectivity index (χ3n) is 9.20. The monoisotopic (exact) mass is 796 g/mol. The zero-order valence-corrected chi connectivity index (χ0v) is 28.4. The van der Waals surface area contributed by atoms with E-state index in [1.165, 1.54) is 29.2 Å². The molecule has 1 saturated heterocycles. The summed E-state index contributed by atoms with van der Waals surface area (Å²) < 4.78 is 19.4. The summed E-state index contributed by atoms with van der Waals surface area (Å²) in [5, 5.41) is 0.547. The second-order valence-corrected chi connectivity index (χ2v) is 14.8. The number of pyridine rings is 1. The summed E-state index contributed by atoms with van der Waals surface area (Å²) in [7, 11) is 0. The van der Waals surface area contributed by atoms with Gasteiger partial charge in [-0.1, -0.05) is 59.9 Å². The molecule has 0 N–H and O–H groups in total. The van der Waals surface area contributed by atoms with Crippen LogP contribution in [0.1, 0.15) is 32.7 Å². The van der Waals surface area contributed by atoms with Gasteiger partial charge in [0.2, 0.25) is 11.8 Å². The van der Waals surface area contributed by atoms with Crippen LogP contribution in [-0.4, -0.2) is 44.8 Å². The lowest BCUT2D eigenvalue weighted by molar-refractivity contribution is -0.123. The number of halogens is 4. The SMILES string of the molecule is Cc1cc(Br)cc2c(C(=O)OCC(=O)c3ccc(F)cc3)cc(-c3ccc(N4C(=O)C5C6CC(C(Br)C6Br)C5C4=O)cc3)nc12. The molecule has 4 aromatic rings. The molecule has 1 aromatic heterocycles. The van der Waals surface area contributed by atoms with E-state index in [9.17, 15) is 23.6 Å². The minimum Gasteiger partial charge on any atom is -0.454 e. The number of amides is 2. The number of fused-ring (bicyclic) bond motifs is 6. The average molecular weight is 799 g/mol. The van der Waals surface area contributed by atoms with Crippen molar-refractivity contribution in [3.05, 3.63) is 93.7 Å². The molecule has 6 unspecified atom stereocenters. The fraction of sp³-hybridized carbons (Fsp3) is 0.265. The van der Waals surface area contributed by atoms with Crippen molar-refractivity contribution >= 4 is 87.9 Å². The quantitative estimate of drug-likeness (QED) is 0.0873. The summed E-state index contributed by atoms with van der Waals surface area (Å²) in [4.78, 5) is 59.5. The molecule has 7 rings (SSSR count). The number of nitrogens with zero attached hydrogens (tertiary/aromatic N) is 2. The Hall–Kier alpha value is -3.28. The zero-order valence-electron chi connectivity index (χ0n) is 23.7. The van der Waals surface area contributed by atoms with E-state index in [2.05, 4.69) is 47.8 Å². The number of imide groups is 1. The van der Waals surface area contributed by atoms with Gasteiger partial charge in [-0.3, -0.25) is 19.3 Å². The summed E-state index contributed by atoms with van der Waals surface area (Å²) >= 11 is 10.9. The Balaban J connectivity index is 1.18. The highest BCUT2D eigenvalue weighted by Gasteiger charge is 2.66. The minimum absolute atomic E-state index is 0.124. The molecular formula is C34H24Br3FN2O5. The molecule has 2 heterocycles. The van der Waals surface area contributed by atoms with Crippen LogP contribution in [0.4, 0.5) is 10.1 Å². The number of anilines is 1. The van der Waals surface area contributed by atoms with Gasteiger partial charge in [0.15, 0.2) is 12.4 Å². The number of rotatable bonds is 6. The van der Waals surface area contributed by atoms with Crippen LogP contribution in [0, 0.1) is 36.4 Å². The first-order chi connectivity index (χ1) is 21.5. The van der Waals surface area contributed by atoms with E-state index >= 15 is 0 Å². The van der Waals surface area contributed by atoms with Gasteiger partial charge in [-0.2, -0.15) is 0 Å². The molecule has 2 aliphatic carbocycles. The summed E-state index contributed by atoms with van der Waals surface area (Å²) in [5.74, 6) is -2.32. The predicted molar refractivity (Wildman–Crippen MR) is 177 cm³/mol. The van der Waals surface area contributed by atoms with Crippen LogP contribution in [-0.2, 0) is 14.3 Å². The minimum atomic E-state index is -0.710. The van der Waals surface area contributed by atoms with Crippen molar-refractivity contribution in [2.24, 2.45) is 23.7 Å². The highest BCUT2D eigenvalue weighted by atomic mass is 79.9. The number of aryl methyl sites for hydroxylation is 1. The number of benzene rings is 3. The molecule has 0 radical (unpaired) electrons. The molecule has 1 aliphatic heterocycles. The largest absolute Gasteiger partial charge is 0.454 e. The Bertz CT molecular complexity index is 1880. The summed E-state index contributed by atoms with van der Waals surface area (Å²) in [5.41, 5.74) is 3.50. The summed E-state index contributed by atoms with van der Waals surface area (Å²) in [6, 6.07) is 17.3. The van der Waals surface area contributed by atoms with Gasteiger partial charge in [0.25, 0.3) is 0 Å². The molecule has 2 amide bonds. The van der Waals surface area contributed by atoms with Crippen LogP contribution in [0.5, 0.6) is 0 Å². The first-order valence-corrected chi connectivity index (χ1v) is 17.0. The number of hydrogen-bond donors (Lipinski definition) is 0. The average Bonchev–Trinajstić information content (AvgIpc) is 3.64. The molecule has 45 heavy (non-hydrogen) atoms. The fourth-order valence-corrected chi connectivity index (χ4v) is 9.53. The van der Waals surface area contributed by atoms with E-state index in [0.29, 0.717) is 27.8 Å². The molecule has 6 atom stereocenters. The first kappa shape index (κ1) is 30.4. The van der Waals surface area contributed by atoms with Gasteiger partial charge in [-0.15, -0.1) is 0 Å². The van der Waals surface area contributed by atoms with Crippen LogP contribution < -0.4 is 4.90 Å². The molecule has 2 bridgehead atoms. The van der Waals surface area contributed by atoms with Crippen LogP contribution >= 0.6 is 47.8 Å². The molecule has 11 heteroatoms. The first-order valence-electron chi connectivity index (χ1n) is 14.4. The highest BCUT2D eigenvalue weighted by Crippen LogP contribution is 2.60. The Kier molecular flexibility index (Phi) is 7.77.